The Bertz CT molecular complexity index is 408. The van der Waals surface area contributed by atoms with Gasteiger partial charge in [-0.25, -0.2) is 9.18 Å². The first-order chi connectivity index (χ1) is 9.22. The molecule has 2 saturated heterocycles. The standard InChI is InChI=1S/C14H23FN2O3/c1-13(2,3)20-12(19)17-8-7-14(10(15)9-17)6-4-5-11(18)16-14/h10H,4-9H2,1-3H3,(H,16,18). The van der Waals surface area contributed by atoms with Crippen molar-refractivity contribution in [3.05, 3.63) is 0 Å². The van der Waals surface area contributed by atoms with Crippen LogP contribution in [0.5, 0.6) is 0 Å². The van der Waals surface area contributed by atoms with E-state index in [0.717, 1.165) is 0 Å². The van der Waals surface area contributed by atoms with Gasteiger partial charge < -0.3 is 15.0 Å². The highest BCUT2D eigenvalue weighted by Gasteiger charge is 2.47. The van der Waals surface area contributed by atoms with Gasteiger partial charge in [0.2, 0.25) is 5.91 Å². The van der Waals surface area contributed by atoms with Crippen molar-refractivity contribution in [1.82, 2.24) is 10.2 Å². The molecule has 0 aromatic rings. The number of amides is 2. The van der Waals surface area contributed by atoms with E-state index in [4.69, 9.17) is 4.74 Å². The van der Waals surface area contributed by atoms with Gasteiger partial charge in [-0.3, -0.25) is 4.79 Å². The highest BCUT2D eigenvalue weighted by Crippen LogP contribution is 2.33. The van der Waals surface area contributed by atoms with E-state index >= 15 is 0 Å². The third-order valence-electron chi connectivity index (χ3n) is 3.87. The van der Waals surface area contributed by atoms with E-state index in [1.54, 1.807) is 20.8 Å². The summed E-state index contributed by atoms with van der Waals surface area (Å²) in [6, 6.07) is 0. The number of likely N-dealkylation sites (tertiary alicyclic amines) is 1. The lowest BCUT2D eigenvalue weighted by molar-refractivity contribution is -0.128. The Kier molecular flexibility index (Phi) is 3.93. The summed E-state index contributed by atoms with van der Waals surface area (Å²) >= 11 is 0. The largest absolute Gasteiger partial charge is 0.444 e. The van der Waals surface area contributed by atoms with Gasteiger partial charge in [-0.05, 0) is 40.0 Å². The van der Waals surface area contributed by atoms with Crippen molar-refractivity contribution in [3.63, 3.8) is 0 Å². The maximum atomic E-state index is 14.5. The van der Waals surface area contributed by atoms with Crippen LogP contribution in [0.3, 0.4) is 0 Å². The van der Waals surface area contributed by atoms with Crippen molar-refractivity contribution in [1.29, 1.82) is 0 Å². The number of carbonyl (C=O) groups is 2. The normalized spacial score (nSPS) is 31.1. The summed E-state index contributed by atoms with van der Waals surface area (Å²) in [7, 11) is 0. The summed E-state index contributed by atoms with van der Waals surface area (Å²) in [6.07, 6.45) is 0.523. The van der Waals surface area contributed by atoms with E-state index in [2.05, 4.69) is 5.32 Å². The molecule has 0 bridgehead atoms. The molecule has 2 heterocycles. The summed E-state index contributed by atoms with van der Waals surface area (Å²) in [6.45, 7) is 5.74. The highest BCUT2D eigenvalue weighted by atomic mass is 19.1. The SMILES string of the molecule is CC(C)(C)OC(=O)N1CCC2(CCCC(=O)N2)C(F)C1. The van der Waals surface area contributed by atoms with Crippen LogP contribution in [-0.4, -0.2) is 47.3 Å². The average Bonchev–Trinajstić information content (AvgIpc) is 2.30. The lowest BCUT2D eigenvalue weighted by Gasteiger charge is -2.46. The van der Waals surface area contributed by atoms with Crippen LogP contribution in [0.1, 0.15) is 46.5 Å². The molecule has 0 aliphatic carbocycles. The van der Waals surface area contributed by atoms with Crippen LogP contribution in [0.2, 0.25) is 0 Å². The van der Waals surface area contributed by atoms with E-state index < -0.39 is 23.4 Å². The summed E-state index contributed by atoms with van der Waals surface area (Å²) in [5, 5.41) is 2.80. The van der Waals surface area contributed by atoms with Gasteiger partial charge >= 0.3 is 6.09 Å². The van der Waals surface area contributed by atoms with E-state index in [1.807, 2.05) is 0 Å². The zero-order valence-electron chi connectivity index (χ0n) is 12.4. The van der Waals surface area contributed by atoms with Crippen molar-refractivity contribution < 1.29 is 18.7 Å². The molecule has 0 aromatic heterocycles. The lowest BCUT2D eigenvalue weighted by atomic mass is 9.79. The fourth-order valence-electron chi connectivity index (χ4n) is 2.83. The molecule has 2 fully saturated rings. The topological polar surface area (TPSA) is 58.6 Å². The molecule has 1 N–H and O–H groups in total. The van der Waals surface area contributed by atoms with Gasteiger partial charge in [-0.15, -0.1) is 0 Å². The number of rotatable bonds is 0. The fraction of sp³-hybridized carbons (Fsp3) is 0.857. The Balaban J connectivity index is 1.98. The minimum Gasteiger partial charge on any atom is -0.444 e. The molecule has 2 rings (SSSR count). The highest BCUT2D eigenvalue weighted by molar-refractivity contribution is 5.78. The minimum atomic E-state index is -1.24. The van der Waals surface area contributed by atoms with Crippen LogP contribution in [0.15, 0.2) is 0 Å². The molecule has 0 radical (unpaired) electrons. The van der Waals surface area contributed by atoms with E-state index in [9.17, 15) is 14.0 Å². The smallest absolute Gasteiger partial charge is 0.410 e. The van der Waals surface area contributed by atoms with Gasteiger partial charge in [0.1, 0.15) is 11.8 Å². The molecule has 2 aliphatic rings. The zero-order valence-corrected chi connectivity index (χ0v) is 12.4. The molecule has 2 amide bonds. The van der Waals surface area contributed by atoms with Crippen LogP contribution in [0.25, 0.3) is 0 Å². The fourth-order valence-corrected chi connectivity index (χ4v) is 2.83. The summed E-state index contributed by atoms with van der Waals surface area (Å²) < 4.78 is 19.7. The number of nitrogens with zero attached hydrogens (tertiary/aromatic N) is 1. The molecule has 0 saturated carbocycles. The molecule has 2 aliphatic heterocycles. The van der Waals surface area contributed by atoms with Crippen LogP contribution in [0, 0.1) is 0 Å². The van der Waals surface area contributed by atoms with Gasteiger partial charge in [-0.1, -0.05) is 0 Å². The monoisotopic (exact) mass is 286 g/mol. The number of piperidine rings is 2. The molecule has 5 nitrogen and oxygen atoms in total. The Labute approximate surface area is 118 Å². The summed E-state index contributed by atoms with van der Waals surface area (Å²) in [5.74, 6) is -0.0929. The second kappa shape index (κ2) is 5.22. The Morgan fingerprint density at radius 1 is 1.45 bits per heavy atom. The predicted molar refractivity (Wildman–Crippen MR) is 72.0 cm³/mol. The molecule has 2 atom stereocenters. The first-order valence-corrected chi connectivity index (χ1v) is 7.15. The van der Waals surface area contributed by atoms with Crippen molar-refractivity contribution in [2.75, 3.05) is 13.1 Å². The van der Waals surface area contributed by atoms with Crippen LogP contribution in [0.4, 0.5) is 9.18 Å². The summed E-state index contributed by atoms with van der Waals surface area (Å²) in [4.78, 5) is 24.8. The van der Waals surface area contributed by atoms with Gasteiger partial charge in [-0.2, -0.15) is 0 Å². The Hall–Kier alpha value is -1.33. The summed E-state index contributed by atoms with van der Waals surface area (Å²) in [5.41, 5.74) is -1.37. The van der Waals surface area contributed by atoms with Gasteiger partial charge in [0, 0.05) is 13.0 Å². The number of carbonyl (C=O) groups excluding carboxylic acids is 2. The van der Waals surface area contributed by atoms with Gasteiger partial charge in [0.05, 0.1) is 12.1 Å². The molecule has 20 heavy (non-hydrogen) atoms. The maximum Gasteiger partial charge on any atom is 0.410 e. The van der Waals surface area contributed by atoms with E-state index in [-0.39, 0.29) is 12.5 Å². The first-order valence-electron chi connectivity index (χ1n) is 7.15. The van der Waals surface area contributed by atoms with Crippen molar-refractivity contribution >= 4 is 12.0 Å². The third-order valence-corrected chi connectivity index (χ3v) is 3.87. The van der Waals surface area contributed by atoms with Crippen LogP contribution in [-0.2, 0) is 9.53 Å². The zero-order chi connectivity index (χ0) is 15.0. The third kappa shape index (κ3) is 3.22. The van der Waals surface area contributed by atoms with Gasteiger partial charge in [0.25, 0.3) is 0 Å². The molecule has 1 spiro atoms. The number of hydrogen-bond donors (Lipinski definition) is 1. The molecule has 6 heteroatoms. The van der Waals surface area contributed by atoms with Crippen LogP contribution < -0.4 is 5.32 Å². The molecular formula is C14H23FN2O3. The predicted octanol–water partition coefficient (Wildman–Crippen LogP) is 2.00. The van der Waals surface area contributed by atoms with Gasteiger partial charge in [0.15, 0.2) is 0 Å². The average molecular weight is 286 g/mol. The number of alkyl halides is 1. The van der Waals surface area contributed by atoms with E-state index in [0.29, 0.717) is 32.2 Å². The van der Waals surface area contributed by atoms with Crippen molar-refractivity contribution in [3.8, 4) is 0 Å². The van der Waals surface area contributed by atoms with E-state index in [1.165, 1.54) is 4.90 Å². The first kappa shape index (κ1) is 15.1. The number of nitrogens with one attached hydrogen (secondary N) is 1. The number of halogens is 1. The number of hydrogen-bond acceptors (Lipinski definition) is 3. The van der Waals surface area contributed by atoms with Crippen molar-refractivity contribution in [2.24, 2.45) is 0 Å². The molecule has 2 unspecified atom stereocenters. The molecular weight excluding hydrogens is 263 g/mol. The lowest BCUT2D eigenvalue weighted by Crippen LogP contribution is -2.65. The second-order valence-electron chi connectivity index (χ2n) is 6.70. The second-order valence-corrected chi connectivity index (χ2v) is 6.70. The van der Waals surface area contributed by atoms with Crippen LogP contribution >= 0.6 is 0 Å². The molecule has 0 aromatic carbocycles. The van der Waals surface area contributed by atoms with Crippen molar-refractivity contribution in [2.45, 2.75) is 63.8 Å². The minimum absolute atomic E-state index is 0.0187. The Morgan fingerprint density at radius 2 is 2.15 bits per heavy atom. The Morgan fingerprint density at radius 3 is 2.70 bits per heavy atom. The molecule has 114 valence electrons. The maximum absolute atomic E-state index is 14.5. The number of ether oxygens (including phenoxy) is 1. The quantitative estimate of drug-likeness (QED) is 0.741.